The number of benzene rings is 2. The topological polar surface area (TPSA) is 83.0 Å². The van der Waals surface area contributed by atoms with Crippen molar-refractivity contribution in [2.75, 3.05) is 29.5 Å². The normalized spacial score (nSPS) is 17.7. The van der Waals surface area contributed by atoms with Crippen molar-refractivity contribution in [1.82, 2.24) is 4.90 Å². The summed E-state index contributed by atoms with van der Waals surface area (Å²) in [6.45, 7) is 4.78. The average molecular weight is 485 g/mol. The lowest BCUT2D eigenvalue weighted by Crippen LogP contribution is -2.42. The molecule has 2 amide bonds. The van der Waals surface area contributed by atoms with Gasteiger partial charge in [0.1, 0.15) is 0 Å². The highest BCUT2D eigenvalue weighted by Gasteiger charge is 2.37. The molecule has 1 atom stereocenters. The molecule has 0 radical (unpaired) electrons. The number of esters is 1. The van der Waals surface area contributed by atoms with E-state index in [0.29, 0.717) is 34.3 Å². The van der Waals surface area contributed by atoms with E-state index in [1.54, 1.807) is 43.0 Å². The summed E-state index contributed by atoms with van der Waals surface area (Å²) >= 11 is 7.59. The zero-order valence-corrected chi connectivity index (χ0v) is 20.0. The van der Waals surface area contributed by atoms with Crippen LogP contribution in [0.3, 0.4) is 0 Å². The number of nitrogens with one attached hydrogen (secondary N) is 2. The lowest BCUT2D eigenvalue weighted by molar-refractivity contribution is -0.139. The highest BCUT2D eigenvalue weighted by molar-refractivity contribution is 8.13. The lowest BCUT2D eigenvalue weighted by atomic mass is 9.94. The van der Waals surface area contributed by atoms with Crippen molar-refractivity contribution >= 4 is 51.9 Å². The van der Waals surface area contributed by atoms with Crippen molar-refractivity contribution in [3.05, 3.63) is 70.4 Å². The van der Waals surface area contributed by atoms with Gasteiger partial charge in [0.15, 0.2) is 5.17 Å². The van der Waals surface area contributed by atoms with E-state index in [9.17, 15) is 9.59 Å². The van der Waals surface area contributed by atoms with E-state index in [1.807, 2.05) is 31.2 Å². The number of hydrogen-bond acceptors (Lipinski definition) is 6. The molecule has 172 valence electrons. The number of thioether (sulfide) groups is 1. The summed E-state index contributed by atoms with van der Waals surface area (Å²) in [6, 6.07) is 13.8. The Morgan fingerprint density at radius 3 is 2.39 bits per heavy atom. The molecule has 7 nitrogen and oxygen atoms in total. The van der Waals surface area contributed by atoms with E-state index in [0.717, 1.165) is 29.4 Å². The second-order valence-electron chi connectivity index (χ2n) is 7.62. The number of nitrogens with zero attached hydrogens (tertiary/aromatic N) is 2. The van der Waals surface area contributed by atoms with Crippen LogP contribution in [0.1, 0.15) is 31.9 Å². The van der Waals surface area contributed by atoms with Crippen molar-refractivity contribution in [2.45, 2.75) is 26.3 Å². The van der Waals surface area contributed by atoms with Gasteiger partial charge in [-0.3, -0.25) is 0 Å². The Labute approximate surface area is 202 Å². The Bertz CT molecular complexity index is 1100. The predicted octanol–water partition coefficient (Wildman–Crippen LogP) is 5.67. The Kier molecular flexibility index (Phi) is 7.25. The molecule has 2 aromatic rings. The molecule has 4 rings (SSSR count). The van der Waals surface area contributed by atoms with Crippen LogP contribution in [0.4, 0.5) is 16.2 Å². The third-order valence-electron chi connectivity index (χ3n) is 5.34. The molecule has 33 heavy (non-hydrogen) atoms. The minimum Gasteiger partial charge on any atom is -0.463 e. The Morgan fingerprint density at radius 1 is 1.12 bits per heavy atom. The molecule has 1 unspecified atom stereocenters. The molecule has 2 aliphatic rings. The first kappa shape index (κ1) is 23.2. The van der Waals surface area contributed by atoms with E-state index in [-0.39, 0.29) is 18.0 Å². The van der Waals surface area contributed by atoms with Gasteiger partial charge in [-0.2, -0.15) is 0 Å². The van der Waals surface area contributed by atoms with Gasteiger partial charge in [0.2, 0.25) is 0 Å². The van der Waals surface area contributed by atoms with Gasteiger partial charge in [-0.25, -0.2) is 14.6 Å². The molecule has 9 heteroatoms. The first-order valence-electron chi connectivity index (χ1n) is 10.8. The SMILES string of the molecule is CCOC(=O)C1=C(C)N=C2SCCCN2C1c1ccc(NC(=O)Nc2ccc(Cl)cc2)cc1. The molecule has 2 aromatic carbocycles. The van der Waals surface area contributed by atoms with Crippen LogP contribution in [0.2, 0.25) is 5.02 Å². The van der Waals surface area contributed by atoms with Crippen LogP contribution in [0, 0.1) is 0 Å². The smallest absolute Gasteiger partial charge is 0.338 e. The monoisotopic (exact) mass is 484 g/mol. The number of anilines is 2. The summed E-state index contributed by atoms with van der Waals surface area (Å²) in [6.07, 6.45) is 1.01. The quantitative estimate of drug-likeness (QED) is 0.534. The number of amides is 2. The zero-order chi connectivity index (χ0) is 23.4. The first-order chi connectivity index (χ1) is 16.0. The molecular formula is C24H25ClN4O3S. The maximum Gasteiger partial charge on any atom is 0.338 e. The van der Waals surface area contributed by atoms with Crippen LogP contribution in [0.25, 0.3) is 0 Å². The van der Waals surface area contributed by atoms with Crippen molar-refractivity contribution in [2.24, 2.45) is 4.99 Å². The number of hydrogen-bond donors (Lipinski definition) is 2. The summed E-state index contributed by atoms with van der Waals surface area (Å²) in [7, 11) is 0. The van der Waals surface area contributed by atoms with Gasteiger partial charge in [0, 0.05) is 28.7 Å². The maximum atomic E-state index is 12.8. The van der Waals surface area contributed by atoms with Gasteiger partial charge in [-0.15, -0.1) is 0 Å². The number of rotatable bonds is 5. The second-order valence-corrected chi connectivity index (χ2v) is 9.12. The molecule has 0 bridgehead atoms. The van der Waals surface area contributed by atoms with E-state index in [1.165, 1.54) is 0 Å². The van der Waals surface area contributed by atoms with Crippen LogP contribution in [0.15, 0.2) is 64.8 Å². The van der Waals surface area contributed by atoms with Crippen LogP contribution in [0.5, 0.6) is 0 Å². The third kappa shape index (κ3) is 5.34. The molecule has 2 heterocycles. The van der Waals surface area contributed by atoms with Crippen LogP contribution >= 0.6 is 23.4 Å². The summed E-state index contributed by atoms with van der Waals surface area (Å²) in [5.74, 6) is 0.665. The molecular weight excluding hydrogens is 460 g/mol. The molecule has 0 spiro atoms. The van der Waals surface area contributed by atoms with Crippen molar-refractivity contribution in [3.8, 4) is 0 Å². The fourth-order valence-electron chi connectivity index (χ4n) is 3.86. The average Bonchev–Trinajstić information content (AvgIpc) is 2.80. The summed E-state index contributed by atoms with van der Waals surface area (Å²) in [4.78, 5) is 32.0. The predicted molar refractivity (Wildman–Crippen MR) is 134 cm³/mol. The fourth-order valence-corrected chi connectivity index (χ4v) is 5.01. The van der Waals surface area contributed by atoms with E-state index >= 15 is 0 Å². The molecule has 0 saturated carbocycles. The van der Waals surface area contributed by atoms with Gasteiger partial charge in [0.05, 0.1) is 23.9 Å². The van der Waals surface area contributed by atoms with Gasteiger partial charge in [0.25, 0.3) is 0 Å². The number of aliphatic imine (C=N–C) groups is 1. The zero-order valence-electron chi connectivity index (χ0n) is 18.4. The molecule has 2 N–H and O–H groups in total. The molecule has 0 aromatic heterocycles. The third-order valence-corrected chi connectivity index (χ3v) is 6.67. The number of halogens is 1. The summed E-state index contributed by atoms with van der Waals surface area (Å²) in [5.41, 5.74) is 3.47. The Hall–Kier alpha value is -2.97. The van der Waals surface area contributed by atoms with Crippen LogP contribution in [-0.2, 0) is 9.53 Å². The molecule has 1 fully saturated rings. The number of ether oxygens (including phenoxy) is 1. The molecule has 1 saturated heterocycles. The number of amidine groups is 1. The number of allylic oxidation sites excluding steroid dienone is 1. The minimum atomic E-state index is -0.354. The fraction of sp³-hybridized carbons (Fsp3) is 0.292. The molecule has 2 aliphatic heterocycles. The van der Waals surface area contributed by atoms with Crippen LogP contribution in [-0.4, -0.2) is 41.0 Å². The van der Waals surface area contributed by atoms with E-state index in [2.05, 4.69) is 20.5 Å². The highest BCUT2D eigenvalue weighted by Crippen LogP contribution is 2.40. The van der Waals surface area contributed by atoms with Gasteiger partial charge in [-0.05, 0) is 62.2 Å². The van der Waals surface area contributed by atoms with Gasteiger partial charge in [-0.1, -0.05) is 35.5 Å². The maximum absolute atomic E-state index is 12.8. The van der Waals surface area contributed by atoms with Crippen LogP contribution < -0.4 is 10.6 Å². The summed E-state index contributed by atoms with van der Waals surface area (Å²) < 4.78 is 5.35. The minimum absolute atomic E-state index is 0.277. The first-order valence-corrected chi connectivity index (χ1v) is 12.1. The highest BCUT2D eigenvalue weighted by atomic mass is 35.5. The van der Waals surface area contributed by atoms with Crippen molar-refractivity contribution < 1.29 is 14.3 Å². The van der Waals surface area contributed by atoms with Crippen molar-refractivity contribution in [3.63, 3.8) is 0 Å². The summed E-state index contributed by atoms with van der Waals surface area (Å²) in [5, 5.41) is 7.13. The van der Waals surface area contributed by atoms with E-state index < -0.39 is 0 Å². The largest absolute Gasteiger partial charge is 0.463 e. The Balaban J connectivity index is 1.54. The lowest BCUT2D eigenvalue weighted by Gasteiger charge is -2.40. The van der Waals surface area contributed by atoms with E-state index in [4.69, 9.17) is 16.3 Å². The molecule has 0 aliphatic carbocycles. The van der Waals surface area contributed by atoms with Crippen molar-refractivity contribution in [1.29, 1.82) is 0 Å². The standard InChI is InChI=1S/C24H25ClN4O3S/c1-3-32-22(30)20-15(2)26-24-29(13-4-14-33-24)21(20)16-5-9-18(10-6-16)27-23(31)28-19-11-7-17(25)8-12-19/h5-12,21H,3-4,13-14H2,1-2H3,(H2,27,28,31). The second kappa shape index (κ2) is 10.3. The van der Waals surface area contributed by atoms with Gasteiger partial charge >= 0.3 is 12.0 Å². The number of urea groups is 1. The number of fused-ring (bicyclic) bond motifs is 1. The Morgan fingerprint density at radius 2 is 1.76 bits per heavy atom. The van der Waals surface area contributed by atoms with Gasteiger partial charge < -0.3 is 20.3 Å². The number of carbonyl (C=O) groups is 2. The number of carbonyl (C=O) groups excluding carboxylic acids is 2.